The molecule has 1 aromatic carbocycles. The normalized spacial score (nSPS) is 15.5. The Kier molecular flexibility index (Phi) is 5.67. The van der Waals surface area contributed by atoms with Crippen molar-refractivity contribution < 1.29 is 19.0 Å². The Labute approximate surface area is 133 Å². The van der Waals surface area contributed by atoms with Crippen molar-refractivity contribution in [3.63, 3.8) is 0 Å². The molecule has 0 radical (unpaired) electrons. The van der Waals surface area contributed by atoms with E-state index >= 15 is 0 Å². The van der Waals surface area contributed by atoms with Crippen LogP contribution >= 0.6 is 0 Å². The molecule has 0 spiro atoms. The molecular formula is C17H27NO4. The third-order valence-electron chi connectivity index (χ3n) is 3.58. The molecule has 124 valence electrons. The van der Waals surface area contributed by atoms with Crippen LogP contribution in [0.2, 0.25) is 0 Å². The Morgan fingerprint density at radius 2 is 1.64 bits per heavy atom. The molecule has 0 bridgehead atoms. The van der Waals surface area contributed by atoms with E-state index in [-0.39, 0.29) is 5.60 Å². The maximum Gasteiger partial charge on any atom is 0.161 e. The van der Waals surface area contributed by atoms with Crippen molar-refractivity contribution in [2.75, 3.05) is 34.0 Å². The van der Waals surface area contributed by atoms with E-state index < -0.39 is 0 Å². The van der Waals surface area contributed by atoms with Crippen molar-refractivity contribution in [1.29, 1.82) is 0 Å². The number of hydrogen-bond donors (Lipinski definition) is 0. The van der Waals surface area contributed by atoms with E-state index in [0.717, 1.165) is 31.0 Å². The van der Waals surface area contributed by atoms with Crippen LogP contribution in [-0.2, 0) is 22.5 Å². The van der Waals surface area contributed by atoms with Crippen molar-refractivity contribution >= 4 is 0 Å². The minimum atomic E-state index is -0.123. The summed E-state index contributed by atoms with van der Waals surface area (Å²) in [5, 5.41) is 1.99. The molecule has 0 aliphatic carbocycles. The highest BCUT2D eigenvalue weighted by molar-refractivity contribution is 5.48. The molecule has 1 aliphatic rings. The minimum absolute atomic E-state index is 0.123. The first-order chi connectivity index (χ1) is 10.4. The van der Waals surface area contributed by atoms with Crippen LogP contribution in [0.5, 0.6) is 11.5 Å². The highest BCUT2D eigenvalue weighted by Gasteiger charge is 2.20. The molecule has 0 saturated heterocycles. The van der Waals surface area contributed by atoms with Crippen molar-refractivity contribution in [3.05, 3.63) is 23.3 Å². The van der Waals surface area contributed by atoms with E-state index in [9.17, 15) is 0 Å². The molecule has 0 saturated carbocycles. The van der Waals surface area contributed by atoms with Crippen LogP contribution in [0.25, 0.3) is 0 Å². The quantitative estimate of drug-likeness (QED) is 0.756. The van der Waals surface area contributed by atoms with Crippen LogP contribution in [-0.4, -0.2) is 44.6 Å². The van der Waals surface area contributed by atoms with Gasteiger partial charge >= 0.3 is 0 Å². The lowest BCUT2D eigenvalue weighted by Gasteiger charge is -2.29. The van der Waals surface area contributed by atoms with E-state index in [1.807, 2.05) is 31.9 Å². The highest BCUT2D eigenvalue weighted by Crippen LogP contribution is 2.33. The van der Waals surface area contributed by atoms with E-state index in [2.05, 4.69) is 6.07 Å². The smallest absolute Gasteiger partial charge is 0.161 e. The molecule has 1 aliphatic heterocycles. The van der Waals surface area contributed by atoms with Crippen molar-refractivity contribution in [2.24, 2.45) is 0 Å². The molecule has 0 unspecified atom stereocenters. The van der Waals surface area contributed by atoms with Gasteiger partial charge in [-0.25, -0.2) is 0 Å². The molecule has 2 rings (SSSR count). The number of fused-ring (bicyclic) bond motifs is 1. The summed E-state index contributed by atoms with van der Waals surface area (Å²) >= 11 is 0. The van der Waals surface area contributed by atoms with E-state index in [0.29, 0.717) is 13.2 Å². The maximum absolute atomic E-state index is 5.80. The van der Waals surface area contributed by atoms with Gasteiger partial charge in [-0.05, 0) is 50.5 Å². The fourth-order valence-corrected chi connectivity index (χ4v) is 2.48. The third-order valence-corrected chi connectivity index (χ3v) is 3.58. The van der Waals surface area contributed by atoms with Gasteiger partial charge in [-0.2, -0.15) is 5.06 Å². The topological polar surface area (TPSA) is 40.2 Å². The summed E-state index contributed by atoms with van der Waals surface area (Å²) in [5.74, 6) is 1.55. The van der Waals surface area contributed by atoms with Crippen LogP contribution in [0, 0.1) is 0 Å². The van der Waals surface area contributed by atoms with Gasteiger partial charge < -0.3 is 14.2 Å². The molecule has 0 atom stereocenters. The fraction of sp³-hybridized carbons (Fsp3) is 0.647. The van der Waals surface area contributed by atoms with Crippen LogP contribution in [0.4, 0.5) is 0 Å². The van der Waals surface area contributed by atoms with Gasteiger partial charge in [0.25, 0.3) is 0 Å². The minimum Gasteiger partial charge on any atom is -0.493 e. The second-order valence-electron chi connectivity index (χ2n) is 6.38. The molecule has 1 aromatic rings. The molecular weight excluding hydrogens is 282 g/mol. The predicted octanol–water partition coefficient (Wildman–Crippen LogP) is 2.81. The molecule has 5 nitrogen and oxygen atoms in total. The van der Waals surface area contributed by atoms with Crippen molar-refractivity contribution in [2.45, 2.75) is 39.3 Å². The number of benzene rings is 1. The molecule has 0 N–H and O–H groups in total. The average molecular weight is 309 g/mol. The van der Waals surface area contributed by atoms with E-state index in [1.54, 1.807) is 14.2 Å². The van der Waals surface area contributed by atoms with E-state index in [4.69, 9.17) is 19.0 Å². The lowest BCUT2D eigenvalue weighted by molar-refractivity contribution is -0.186. The number of hydroxylamine groups is 2. The van der Waals surface area contributed by atoms with Gasteiger partial charge in [-0.15, -0.1) is 0 Å². The van der Waals surface area contributed by atoms with E-state index in [1.165, 1.54) is 11.1 Å². The SMILES string of the molecule is COc1cc2c(cc1OC)CN(OCCOC(C)(C)C)CC2. The Morgan fingerprint density at radius 3 is 2.23 bits per heavy atom. The van der Waals surface area contributed by atoms with Crippen molar-refractivity contribution in [3.8, 4) is 11.5 Å². The zero-order valence-electron chi connectivity index (χ0n) is 14.3. The predicted molar refractivity (Wildman–Crippen MR) is 85.3 cm³/mol. The summed E-state index contributed by atoms with van der Waals surface area (Å²) in [7, 11) is 3.32. The number of rotatable bonds is 6. The zero-order valence-corrected chi connectivity index (χ0v) is 14.3. The lowest BCUT2D eigenvalue weighted by Crippen LogP contribution is -2.32. The molecule has 5 heteroatoms. The molecule has 22 heavy (non-hydrogen) atoms. The Balaban J connectivity index is 1.91. The first-order valence-electron chi connectivity index (χ1n) is 7.68. The van der Waals surface area contributed by atoms with Crippen LogP contribution < -0.4 is 9.47 Å². The van der Waals surface area contributed by atoms with Crippen LogP contribution in [0.3, 0.4) is 0 Å². The van der Waals surface area contributed by atoms with Crippen molar-refractivity contribution in [1.82, 2.24) is 5.06 Å². The van der Waals surface area contributed by atoms with Gasteiger partial charge in [0.2, 0.25) is 0 Å². The molecule has 1 heterocycles. The van der Waals surface area contributed by atoms with Gasteiger partial charge in [0.1, 0.15) is 0 Å². The number of nitrogens with zero attached hydrogens (tertiary/aromatic N) is 1. The number of hydrogen-bond acceptors (Lipinski definition) is 5. The molecule has 0 amide bonds. The van der Waals surface area contributed by atoms with Crippen LogP contribution in [0.15, 0.2) is 12.1 Å². The highest BCUT2D eigenvalue weighted by atomic mass is 16.7. The van der Waals surface area contributed by atoms with Gasteiger partial charge in [0, 0.05) is 13.1 Å². The summed E-state index contributed by atoms with van der Waals surface area (Å²) in [5.41, 5.74) is 2.39. The average Bonchev–Trinajstić information content (AvgIpc) is 2.49. The molecule has 0 fully saturated rings. The third kappa shape index (κ3) is 4.60. The first kappa shape index (κ1) is 17.1. The zero-order chi connectivity index (χ0) is 16.2. The second kappa shape index (κ2) is 7.31. The first-order valence-corrected chi connectivity index (χ1v) is 7.68. The summed E-state index contributed by atoms with van der Waals surface area (Å²) in [6.07, 6.45) is 0.940. The largest absolute Gasteiger partial charge is 0.493 e. The van der Waals surface area contributed by atoms with Gasteiger partial charge in [0.05, 0.1) is 33.0 Å². The molecule has 0 aromatic heterocycles. The Morgan fingerprint density at radius 1 is 1.00 bits per heavy atom. The number of methoxy groups -OCH3 is 2. The monoisotopic (exact) mass is 309 g/mol. The second-order valence-corrected chi connectivity index (χ2v) is 6.38. The Bertz CT molecular complexity index is 496. The van der Waals surface area contributed by atoms with Gasteiger partial charge in [-0.1, -0.05) is 0 Å². The van der Waals surface area contributed by atoms with Gasteiger partial charge in [-0.3, -0.25) is 4.84 Å². The standard InChI is InChI=1S/C17H27NO4/c1-17(2,3)21-8-9-22-18-7-6-13-10-15(19-4)16(20-5)11-14(13)12-18/h10-11H,6-9,12H2,1-5H3. The summed E-state index contributed by atoms with van der Waals surface area (Å²) < 4.78 is 16.4. The Hall–Kier alpha value is -1.30. The summed E-state index contributed by atoms with van der Waals surface area (Å²) in [6, 6.07) is 4.10. The van der Waals surface area contributed by atoms with Gasteiger partial charge in [0.15, 0.2) is 11.5 Å². The lowest BCUT2D eigenvalue weighted by atomic mass is 10.00. The summed E-state index contributed by atoms with van der Waals surface area (Å²) in [6.45, 7) is 8.93. The van der Waals surface area contributed by atoms with Crippen LogP contribution in [0.1, 0.15) is 31.9 Å². The summed E-state index contributed by atoms with van der Waals surface area (Å²) in [4.78, 5) is 5.80. The fourth-order valence-electron chi connectivity index (χ4n) is 2.48. The number of ether oxygens (including phenoxy) is 3. The maximum atomic E-state index is 5.80.